The molecular formula is C27H46N7O18P3S. The highest BCUT2D eigenvalue weighted by molar-refractivity contribution is 8.13. The highest BCUT2D eigenvalue weighted by atomic mass is 32.2. The van der Waals surface area contributed by atoms with Crippen molar-refractivity contribution < 1.29 is 80.5 Å². The minimum atomic E-state index is -5.61. The van der Waals surface area contributed by atoms with E-state index >= 15 is 0 Å². The molecule has 2 aromatic heterocycles. The molecule has 7 atom stereocenters. The molecule has 2 amide bonds. The van der Waals surface area contributed by atoms with E-state index in [1.165, 1.54) is 13.8 Å². The molecule has 0 aliphatic carbocycles. The van der Waals surface area contributed by atoms with Crippen molar-refractivity contribution in [2.24, 2.45) is 11.3 Å². The lowest BCUT2D eigenvalue weighted by Crippen LogP contribution is -2.46. The molecule has 1 saturated heterocycles. The first kappa shape index (κ1) is 47.7. The molecule has 1 aliphatic heterocycles. The van der Waals surface area contributed by atoms with Gasteiger partial charge < -0.3 is 50.9 Å². The van der Waals surface area contributed by atoms with E-state index in [0.29, 0.717) is 18.1 Å². The summed E-state index contributed by atoms with van der Waals surface area (Å²) in [6.07, 6.45) is -7.26. The molecule has 0 spiro atoms. The van der Waals surface area contributed by atoms with E-state index in [1.54, 1.807) is 0 Å². The summed E-state index contributed by atoms with van der Waals surface area (Å²) in [5, 5.41) is 26.4. The lowest BCUT2D eigenvalue weighted by Gasteiger charge is -2.30. The highest BCUT2D eigenvalue weighted by Crippen LogP contribution is 2.61. The van der Waals surface area contributed by atoms with Gasteiger partial charge in [-0.3, -0.25) is 37.5 Å². The number of imidazole rings is 1. The topological polar surface area (TPSA) is 384 Å². The summed E-state index contributed by atoms with van der Waals surface area (Å²) in [5.74, 6) is -0.860. The smallest absolute Gasteiger partial charge is 0.386 e. The van der Waals surface area contributed by atoms with Gasteiger partial charge >= 0.3 is 29.2 Å². The van der Waals surface area contributed by atoms with Crippen LogP contribution in [0.1, 0.15) is 53.2 Å². The highest BCUT2D eigenvalue weighted by Gasteiger charge is 2.50. The first-order chi connectivity index (χ1) is 25.8. The van der Waals surface area contributed by atoms with E-state index in [2.05, 4.69) is 34.4 Å². The number of carbonyl (C=O) groups is 3. The number of hydrogen-bond acceptors (Lipinski definition) is 18. The van der Waals surface area contributed by atoms with Crippen molar-refractivity contribution in [3.8, 4) is 0 Å². The van der Waals surface area contributed by atoms with Gasteiger partial charge in [0.25, 0.3) is 0 Å². The Balaban J connectivity index is 1.51. The Morgan fingerprint density at radius 3 is 2.39 bits per heavy atom. The van der Waals surface area contributed by atoms with Gasteiger partial charge in [-0.1, -0.05) is 39.5 Å². The summed E-state index contributed by atoms with van der Waals surface area (Å²) in [7, 11) is -16.5. The van der Waals surface area contributed by atoms with Crippen LogP contribution in [-0.4, -0.2) is 123 Å². The fourth-order valence-electron chi connectivity index (χ4n) is 4.86. The van der Waals surface area contributed by atoms with Crippen molar-refractivity contribution in [2.45, 2.75) is 77.6 Å². The predicted octanol–water partition coefficient (Wildman–Crippen LogP) is -0.606. The van der Waals surface area contributed by atoms with Crippen LogP contribution in [0.5, 0.6) is 0 Å². The number of nitrogens with one attached hydrogen (secondary N) is 3. The van der Waals surface area contributed by atoms with Crippen molar-refractivity contribution in [3.63, 3.8) is 0 Å². The van der Waals surface area contributed by atoms with E-state index in [4.69, 9.17) is 19.5 Å². The fourth-order valence-corrected chi connectivity index (χ4v) is 8.38. The number of hydrogen-bond donors (Lipinski definition) is 10. The molecule has 0 radical (unpaired) electrons. The van der Waals surface area contributed by atoms with Gasteiger partial charge in [-0.15, -0.1) is 0 Å². The van der Waals surface area contributed by atoms with E-state index in [0.717, 1.165) is 29.1 Å². The predicted molar refractivity (Wildman–Crippen MR) is 194 cm³/mol. The van der Waals surface area contributed by atoms with Crippen LogP contribution in [0.15, 0.2) is 11.1 Å². The van der Waals surface area contributed by atoms with Crippen LogP contribution in [0.2, 0.25) is 0 Å². The molecule has 2 aromatic rings. The molecule has 11 N–H and O–H groups in total. The van der Waals surface area contributed by atoms with E-state index in [1.807, 2.05) is 13.8 Å². The molecule has 1 fully saturated rings. The summed E-state index contributed by atoms with van der Waals surface area (Å²) in [6.45, 7) is 4.43. The monoisotopic (exact) mass is 881 g/mol. The Morgan fingerprint density at radius 1 is 1.09 bits per heavy atom. The van der Waals surface area contributed by atoms with Crippen molar-refractivity contribution in [2.75, 3.05) is 37.8 Å². The Kier molecular flexibility index (Phi) is 16.9. The third-order valence-corrected chi connectivity index (χ3v) is 11.8. The number of aromatic amines is 1. The number of phosphoric acid groups is 3. The van der Waals surface area contributed by atoms with Gasteiger partial charge in [0.2, 0.25) is 11.8 Å². The quantitative estimate of drug-likeness (QED) is 0.0521. The van der Waals surface area contributed by atoms with Gasteiger partial charge in [0, 0.05) is 37.1 Å². The van der Waals surface area contributed by atoms with Gasteiger partial charge in [-0.05, 0) is 12.3 Å². The second kappa shape index (κ2) is 19.9. The van der Waals surface area contributed by atoms with Gasteiger partial charge in [0.15, 0.2) is 17.0 Å². The molecular weight excluding hydrogens is 835 g/mol. The van der Waals surface area contributed by atoms with E-state index in [-0.39, 0.29) is 41.6 Å². The number of nitrogen functional groups attached to an aromatic ring is 1. The van der Waals surface area contributed by atoms with Crippen LogP contribution >= 0.6 is 35.2 Å². The van der Waals surface area contributed by atoms with Gasteiger partial charge in [0.05, 0.1) is 19.5 Å². The molecule has 29 heteroatoms. The zero-order chi connectivity index (χ0) is 42.2. The van der Waals surface area contributed by atoms with Crippen LogP contribution in [0.3, 0.4) is 0 Å². The molecule has 3 heterocycles. The normalized spacial score (nSPS) is 21.8. The fraction of sp³-hybridized carbons (Fsp3) is 0.704. The van der Waals surface area contributed by atoms with E-state index in [9.17, 15) is 62.7 Å². The number of anilines is 1. The average Bonchev–Trinajstić information content (AvgIpc) is 3.62. The number of rotatable bonds is 22. The molecule has 0 bridgehead atoms. The number of aliphatic hydroxyl groups is 2. The maximum atomic E-state index is 12.7. The first-order valence-corrected chi connectivity index (χ1v) is 22.2. The lowest BCUT2D eigenvalue weighted by atomic mass is 9.87. The first-order valence-electron chi connectivity index (χ1n) is 16.6. The van der Waals surface area contributed by atoms with Crippen molar-refractivity contribution in [1.82, 2.24) is 30.2 Å². The lowest BCUT2D eigenvalue weighted by molar-refractivity contribution is -0.137. The number of amides is 2. The van der Waals surface area contributed by atoms with Crippen LogP contribution in [0.25, 0.3) is 11.2 Å². The molecule has 2 unspecified atom stereocenters. The zero-order valence-electron chi connectivity index (χ0n) is 30.4. The number of aromatic nitrogens is 4. The largest absolute Gasteiger partial charge is 0.481 e. The number of phosphoric ester groups is 3. The van der Waals surface area contributed by atoms with Crippen molar-refractivity contribution in [3.05, 3.63) is 16.8 Å². The van der Waals surface area contributed by atoms with E-state index < -0.39 is 90.2 Å². The number of ether oxygens (including phenoxy) is 1. The Labute approximate surface area is 322 Å². The number of nitrogens with zero attached hydrogens (tertiary/aromatic N) is 3. The summed E-state index contributed by atoms with van der Waals surface area (Å²) in [4.78, 5) is 97.2. The Morgan fingerprint density at radius 2 is 1.75 bits per heavy atom. The number of aliphatic hydroxyl groups excluding tert-OH is 2. The molecule has 3 rings (SSSR count). The molecule has 0 saturated carbocycles. The molecule has 56 heavy (non-hydrogen) atoms. The SMILES string of the molecule is CC(C)CCC(=O)SCCNC(=O)CCNC(=O)[C@H](O)C(C)(C)COP(=O)(O)OP(=O)(O)OC[C@H]1O[C@@H](n2cnc3c(N)[nH]c(=O)nc32)[C@H](O)[C@@H]1OP(=O)(O)O. The van der Waals surface area contributed by atoms with Crippen LogP contribution < -0.4 is 22.1 Å². The Bertz CT molecular complexity index is 1910. The third kappa shape index (κ3) is 14.6. The molecule has 25 nitrogen and oxygen atoms in total. The minimum Gasteiger partial charge on any atom is -0.386 e. The number of H-pyrrole nitrogens is 1. The third-order valence-electron chi connectivity index (χ3n) is 7.78. The van der Waals surface area contributed by atoms with Crippen molar-refractivity contribution in [1.29, 1.82) is 0 Å². The standard InChI is InChI=1S/C27H46N7O18P3S/c1-14(2)5-6-17(36)56-10-9-29-16(35)7-8-30-24(39)21(38)27(3,4)12-49-55(46,47)52-54(44,45)48-11-15-20(51-53(41,42)43)19(37)25(50-15)34-13-31-18-22(28)32-26(40)33-23(18)34/h13-15,19-21,25,37-38H,5-12H2,1-4H3,(H,29,35)(H,30,39)(H,44,45)(H,46,47)(H2,41,42,43)(H3,28,32,33,40)/t15-,19-,20-,21+,25-/m1/s1. The summed E-state index contributed by atoms with van der Waals surface area (Å²) in [6, 6.07) is 0. The average molecular weight is 882 g/mol. The second-order valence-corrected chi connectivity index (χ2v) is 18.8. The second-order valence-electron chi connectivity index (χ2n) is 13.4. The maximum absolute atomic E-state index is 12.7. The van der Waals surface area contributed by atoms with Gasteiger partial charge in [-0.2, -0.15) is 9.29 Å². The summed E-state index contributed by atoms with van der Waals surface area (Å²) in [5.41, 5.74) is 2.88. The number of nitrogens with two attached hydrogens (primary N) is 1. The summed E-state index contributed by atoms with van der Waals surface area (Å²) < 4.78 is 61.8. The Hall–Kier alpha value is -2.64. The molecule has 318 valence electrons. The van der Waals surface area contributed by atoms with Crippen LogP contribution in [0.4, 0.5) is 5.82 Å². The van der Waals surface area contributed by atoms with Crippen LogP contribution in [-0.2, 0) is 50.7 Å². The number of fused-ring (bicyclic) bond motifs is 1. The van der Waals surface area contributed by atoms with Crippen molar-refractivity contribution >= 4 is 69.1 Å². The minimum absolute atomic E-state index is 0.0215. The molecule has 0 aromatic carbocycles. The van der Waals surface area contributed by atoms with Crippen LogP contribution in [0, 0.1) is 11.3 Å². The molecule has 1 aliphatic rings. The number of thioether (sulfide) groups is 1. The zero-order valence-corrected chi connectivity index (χ0v) is 33.9. The van der Waals surface area contributed by atoms with Gasteiger partial charge in [0.1, 0.15) is 35.8 Å². The number of carbonyl (C=O) groups excluding carboxylic acids is 3. The van der Waals surface area contributed by atoms with Gasteiger partial charge in [-0.25, -0.2) is 23.5 Å². The maximum Gasteiger partial charge on any atom is 0.481 e. The summed E-state index contributed by atoms with van der Waals surface area (Å²) >= 11 is 1.11.